The van der Waals surface area contributed by atoms with Gasteiger partial charge < -0.3 is 14.6 Å². The maximum Gasteiger partial charge on any atom is 0.385 e. The highest BCUT2D eigenvalue weighted by molar-refractivity contribution is 6.04. The fourth-order valence-electron chi connectivity index (χ4n) is 4.15. The Morgan fingerprint density at radius 3 is 2.84 bits per heavy atom. The van der Waals surface area contributed by atoms with Crippen LogP contribution in [0.2, 0.25) is 0 Å². The summed E-state index contributed by atoms with van der Waals surface area (Å²) in [6.45, 7) is 1.87. The van der Waals surface area contributed by atoms with E-state index in [4.69, 9.17) is 4.52 Å². The van der Waals surface area contributed by atoms with Crippen LogP contribution in [0.25, 0.3) is 17.0 Å². The Labute approximate surface area is 180 Å². The highest BCUT2D eigenvalue weighted by Crippen LogP contribution is 2.66. The first-order valence-corrected chi connectivity index (χ1v) is 10.1. The normalized spacial score (nSPS) is 23.3. The standard InChI is InChI=1S/C22H17F2N5O3/c1-12-5-6-13(18-27-20(31-28-18)14-9-21(10-14)22(23,24)32-21)8-15(12)26-19(30)16-11-25-17-4-2-3-7-29(16)17/h2-8,11,14H,9-10H2,1H3,(H,26,30). The van der Waals surface area contributed by atoms with Gasteiger partial charge in [-0.1, -0.05) is 23.4 Å². The van der Waals surface area contributed by atoms with Gasteiger partial charge in [-0.25, -0.2) is 4.98 Å². The lowest BCUT2D eigenvalue weighted by Crippen LogP contribution is -2.35. The summed E-state index contributed by atoms with van der Waals surface area (Å²) >= 11 is 0. The van der Waals surface area contributed by atoms with Crippen molar-refractivity contribution >= 4 is 17.2 Å². The van der Waals surface area contributed by atoms with Crippen molar-refractivity contribution in [1.82, 2.24) is 19.5 Å². The van der Waals surface area contributed by atoms with Gasteiger partial charge in [-0.05, 0) is 43.5 Å². The number of fused-ring (bicyclic) bond motifs is 1. The number of epoxide rings is 1. The molecule has 2 fully saturated rings. The average Bonchev–Trinajstić information content (AvgIpc) is 3.12. The van der Waals surface area contributed by atoms with Gasteiger partial charge in [0.05, 0.1) is 6.20 Å². The number of halogens is 2. The number of alkyl halides is 2. The van der Waals surface area contributed by atoms with Crippen LogP contribution in [-0.2, 0) is 4.74 Å². The first-order chi connectivity index (χ1) is 15.4. The van der Waals surface area contributed by atoms with E-state index >= 15 is 0 Å². The summed E-state index contributed by atoms with van der Waals surface area (Å²) in [7, 11) is 0. The minimum Gasteiger partial charge on any atom is -0.339 e. The number of nitrogens with zero attached hydrogens (tertiary/aromatic N) is 4. The van der Waals surface area contributed by atoms with Crippen LogP contribution in [0.4, 0.5) is 14.5 Å². The van der Waals surface area contributed by atoms with Gasteiger partial charge in [0, 0.05) is 23.4 Å². The number of amides is 1. The van der Waals surface area contributed by atoms with Crippen LogP contribution in [0.3, 0.4) is 0 Å². The van der Waals surface area contributed by atoms with E-state index in [1.807, 2.05) is 37.3 Å². The molecule has 0 radical (unpaired) electrons. The van der Waals surface area contributed by atoms with Crippen molar-refractivity contribution in [3.8, 4) is 11.4 Å². The minimum atomic E-state index is -3.04. The number of rotatable bonds is 4. The number of carbonyl (C=O) groups excluding carboxylic acids is 1. The Morgan fingerprint density at radius 1 is 1.25 bits per heavy atom. The molecule has 0 unspecified atom stereocenters. The molecule has 4 aromatic rings. The highest BCUT2D eigenvalue weighted by Gasteiger charge is 2.79. The number of aryl methyl sites for hydroxylation is 1. The van der Waals surface area contributed by atoms with Crippen LogP contribution in [0.15, 0.2) is 53.3 Å². The molecule has 1 aromatic carbocycles. The van der Waals surface area contributed by atoms with E-state index in [0.717, 1.165) is 5.56 Å². The average molecular weight is 437 g/mol. The third-order valence-corrected chi connectivity index (χ3v) is 6.15. The summed E-state index contributed by atoms with van der Waals surface area (Å²) in [6, 6.07) is 10.9. The first kappa shape index (κ1) is 19.1. The van der Waals surface area contributed by atoms with Gasteiger partial charge in [0.25, 0.3) is 5.91 Å². The summed E-state index contributed by atoms with van der Waals surface area (Å²) < 4.78 is 38.0. The zero-order valence-corrected chi connectivity index (χ0v) is 16.9. The summed E-state index contributed by atoms with van der Waals surface area (Å²) in [6.07, 6.45) is 0.575. The number of pyridine rings is 1. The highest BCUT2D eigenvalue weighted by atomic mass is 19.3. The van der Waals surface area contributed by atoms with Gasteiger partial charge in [-0.2, -0.15) is 13.8 Å². The number of aromatic nitrogens is 4. The van der Waals surface area contributed by atoms with E-state index in [1.54, 1.807) is 16.7 Å². The molecule has 10 heteroatoms. The van der Waals surface area contributed by atoms with Crippen molar-refractivity contribution in [3.05, 3.63) is 65.9 Å². The maximum atomic E-state index is 13.2. The molecule has 1 aliphatic heterocycles. The van der Waals surface area contributed by atoms with E-state index in [-0.39, 0.29) is 24.7 Å². The van der Waals surface area contributed by atoms with Crippen molar-refractivity contribution in [2.45, 2.75) is 37.4 Å². The Morgan fingerprint density at radius 2 is 2.06 bits per heavy atom. The van der Waals surface area contributed by atoms with E-state index in [1.165, 1.54) is 6.20 Å². The number of anilines is 1. The van der Waals surface area contributed by atoms with Gasteiger partial charge in [-0.15, -0.1) is 0 Å². The molecule has 1 spiro atoms. The van der Waals surface area contributed by atoms with Crippen molar-refractivity contribution in [2.24, 2.45) is 0 Å². The fourth-order valence-corrected chi connectivity index (χ4v) is 4.15. The molecule has 0 atom stereocenters. The summed E-state index contributed by atoms with van der Waals surface area (Å²) in [5.74, 6) is 0.0933. The lowest BCUT2D eigenvalue weighted by atomic mass is 9.74. The van der Waals surface area contributed by atoms with Gasteiger partial charge in [0.2, 0.25) is 11.7 Å². The smallest absolute Gasteiger partial charge is 0.339 e. The fraction of sp³-hybridized carbons (Fsp3) is 0.273. The van der Waals surface area contributed by atoms with Crippen LogP contribution < -0.4 is 5.32 Å². The first-order valence-electron chi connectivity index (χ1n) is 10.1. The molecule has 1 amide bonds. The zero-order chi connectivity index (χ0) is 22.1. The molecule has 4 heterocycles. The Balaban J connectivity index is 1.22. The lowest BCUT2D eigenvalue weighted by molar-refractivity contribution is -0.000727. The number of imidazole rings is 1. The second-order valence-electron chi connectivity index (χ2n) is 8.23. The SMILES string of the molecule is Cc1ccc(-c2noc(C3CC4(C3)OC4(F)F)n2)cc1NC(=O)c1cnc2ccccn12. The number of hydrogen-bond donors (Lipinski definition) is 1. The molecular weight excluding hydrogens is 420 g/mol. The van der Waals surface area contributed by atoms with Gasteiger partial charge in [0.15, 0.2) is 5.60 Å². The zero-order valence-electron chi connectivity index (χ0n) is 16.9. The predicted molar refractivity (Wildman–Crippen MR) is 108 cm³/mol. The molecule has 8 nitrogen and oxygen atoms in total. The Hall–Kier alpha value is -3.66. The van der Waals surface area contributed by atoms with Crippen LogP contribution in [-0.4, -0.2) is 37.1 Å². The van der Waals surface area contributed by atoms with Crippen LogP contribution in [0.1, 0.15) is 40.7 Å². The maximum absolute atomic E-state index is 13.2. The van der Waals surface area contributed by atoms with Crippen molar-refractivity contribution in [1.29, 1.82) is 0 Å². The van der Waals surface area contributed by atoms with Crippen molar-refractivity contribution < 1.29 is 22.8 Å². The Bertz CT molecular complexity index is 1370. The second kappa shape index (κ2) is 6.42. The van der Waals surface area contributed by atoms with Crippen LogP contribution in [0, 0.1) is 6.92 Å². The largest absolute Gasteiger partial charge is 0.385 e. The molecule has 32 heavy (non-hydrogen) atoms. The van der Waals surface area contributed by atoms with E-state index < -0.39 is 11.7 Å². The third kappa shape index (κ3) is 2.83. The van der Waals surface area contributed by atoms with E-state index in [9.17, 15) is 13.6 Å². The molecule has 2 aliphatic rings. The van der Waals surface area contributed by atoms with Crippen LogP contribution >= 0.6 is 0 Å². The van der Waals surface area contributed by atoms with Gasteiger partial charge in [-0.3, -0.25) is 9.20 Å². The third-order valence-electron chi connectivity index (χ3n) is 6.15. The molecule has 0 bridgehead atoms. The molecular formula is C22H17F2N5O3. The topological polar surface area (TPSA) is 97.9 Å². The van der Waals surface area contributed by atoms with Gasteiger partial charge >= 0.3 is 6.11 Å². The molecule has 3 aromatic heterocycles. The van der Waals surface area contributed by atoms with Crippen molar-refractivity contribution in [3.63, 3.8) is 0 Å². The molecule has 162 valence electrons. The second-order valence-corrected chi connectivity index (χ2v) is 8.23. The van der Waals surface area contributed by atoms with Crippen LogP contribution in [0.5, 0.6) is 0 Å². The lowest BCUT2D eigenvalue weighted by Gasteiger charge is -2.28. The minimum absolute atomic E-state index is 0.163. The molecule has 1 N–H and O–H groups in total. The quantitative estimate of drug-likeness (QED) is 0.481. The Kier molecular flexibility index (Phi) is 3.83. The van der Waals surface area contributed by atoms with E-state index in [2.05, 4.69) is 25.2 Å². The predicted octanol–water partition coefficient (Wildman–Crippen LogP) is 4.18. The molecule has 1 saturated heterocycles. The van der Waals surface area contributed by atoms with Gasteiger partial charge in [0.1, 0.15) is 11.3 Å². The summed E-state index contributed by atoms with van der Waals surface area (Å²) in [5, 5.41) is 6.90. The van der Waals surface area contributed by atoms with E-state index in [0.29, 0.717) is 34.3 Å². The number of nitrogens with one attached hydrogen (secondary N) is 1. The number of benzene rings is 1. The number of ether oxygens (including phenoxy) is 1. The number of carbonyl (C=O) groups is 1. The molecule has 1 aliphatic carbocycles. The summed E-state index contributed by atoms with van der Waals surface area (Å²) in [5.41, 5.74) is 1.83. The monoisotopic (exact) mass is 437 g/mol. The molecule has 1 saturated carbocycles. The summed E-state index contributed by atoms with van der Waals surface area (Å²) in [4.78, 5) is 21.5. The van der Waals surface area contributed by atoms with Crippen molar-refractivity contribution in [2.75, 3.05) is 5.32 Å². The number of hydrogen-bond acceptors (Lipinski definition) is 6. The molecule has 6 rings (SSSR count).